The predicted octanol–water partition coefficient (Wildman–Crippen LogP) is 2.58. The summed E-state index contributed by atoms with van der Waals surface area (Å²) < 4.78 is 8.10. The zero-order valence-electron chi connectivity index (χ0n) is 18.0. The smallest absolute Gasteiger partial charge is 0.331 e. The molecule has 1 amide bonds. The van der Waals surface area contributed by atoms with Crippen molar-refractivity contribution >= 4 is 16.8 Å². The second-order valence-corrected chi connectivity index (χ2v) is 7.58. The zero-order chi connectivity index (χ0) is 23.4. The molecule has 0 aliphatic carbocycles. The summed E-state index contributed by atoms with van der Waals surface area (Å²) in [4.78, 5) is 38.2. The fourth-order valence-electron chi connectivity index (χ4n) is 3.77. The number of hydrogen-bond acceptors (Lipinski definition) is 5. The monoisotopic (exact) mass is 445 g/mol. The maximum Gasteiger partial charge on any atom is 0.331 e. The summed E-state index contributed by atoms with van der Waals surface area (Å²) >= 11 is 0. The Balaban J connectivity index is 1.79. The Morgan fingerprint density at radius 2 is 1.67 bits per heavy atom. The zero-order valence-corrected chi connectivity index (χ0v) is 18.0. The van der Waals surface area contributed by atoms with Gasteiger partial charge in [0.2, 0.25) is 0 Å². The summed E-state index contributed by atoms with van der Waals surface area (Å²) in [5.41, 5.74) is 3.36. The van der Waals surface area contributed by atoms with Gasteiger partial charge in [0.1, 0.15) is 5.75 Å². The lowest BCUT2D eigenvalue weighted by atomic mass is 10.1. The van der Waals surface area contributed by atoms with E-state index in [2.05, 4.69) is 0 Å². The quantitative estimate of drug-likeness (QED) is 0.336. The van der Waals surface area contributed by atoms with E-state index in [0.29, 0.717) is 23.1 Å². The van der Waals surface area contributed by atoms with Crippen LogP contribution < -0.4 is 21.5 Å². The number of hydrogen-bond donors (Lipinski definition) is 2. The minimum atomic E-state index is -0.622. The van der Waals surface area contributed by atoms with Crippen molar-refractivity contribution in [3.8, 4) is 5.75 Å². The first-order valence-electron chi connectivity index (χ1n) is 10.4. The Morgan fingerprint density at radius 3 is 2.33 bits per heavy atom. The van der Waals surface area contributed by atoms with Crippen molar-refractivity contribution in [1.29, 1.82) is 0 Å². The number of carbonyl (C=O) groups excluding carboxylic acids is 1. The highest BCUT2D eigenvalue weighted by Gasteiger charge is 2.15. The molecule has 0 aliphatic rings. The normalized spacial score (nSPS) is 10.8. The van der Waals surface area contributed by atoms with Crippen LogP contribution in [0.1, 0.15) is 21.5 Å². The number of carbonyl (C=O) groups is 1. The second-order valence-electron chi connectivity index (χ2n) is 7.58. The molecule has 33 heavy (non-hydrogen) atoms. The topological polar surface area (TPSA) is 103 Å². The van der Waals surface area contributed by atoms with Crippen molar-refractivity contribution in [2.45, 2.75) is 19.5 Å². The van der Waals surface area contributed by atoms with E-state index in [1.54, 1.807) is 47.9 Å². The van der Waals surface area contributed by atoms with E-state index in [9.17, 15) is 14.4 Å². The highest BCUT2D eigenvalue weighted by molar-refractivity contribution is 5.93. The molecule has 0 unspecified atom stereocenters. The first kappa shape index (κ1) is 22.0. The van der Waals surface area contributed by atoms with Crippen molar-refractivity contribution < 1.29 is 14.7 Å². The number of benzene rings is 3. The van der Waals surface area contributed by atoms with Crippen LogP contribution in [-0.4, -0.2) is 27.4 Å². The van der Waals surface area contributed by atoms with Crippen LogP contribution in [0.25, 0.3) is 10.9 Å². The number of hydroxylamine groups is 1. The number of nitrogens with zero attached hydrogens (tertiary/aromatic N) is 2. The maximum absolute atomic E-state index is 13.4. The van der Waals surface area contributed by atoms with Gasteiger partial charge < -0.3 is 4.74 Å². The van der Waals surface area contributed by atoms with E-state index in [0.717, 1.165) is 11.1 Å². The van der Waals surface area contributed by atoms with E-state index < -0.39 is 11.6 Å². The molecule has 8 nitrogen and oxygen atoms in total. The molecule has 1 aromatic heterocycles. The molecule has 2 N–H and O–H groups in total. The Morgan fingerprint density at radius 1 is 0.939 bits per heavy atom. The minimum absolute atomic E-state index is 0.190. The van der Waals surface area contributed by atoms with Crippen LogP contribution in [0.3, 0.4) is 0 Å². The van der Waals surface area contributed by atoms with Crippen LogP contribution in [0.4, 0.5) is 0 Å². The molecule has 0 saturated carbocycles. The molecule has 0 atom stereocenters. The third-order valence-corrected chi connectivity index (χ3v) is 5.56. The number of ether oxygens (including phenoxy) is 1. The maximum atomic E-state index is 13.4. The van der Waals surface area contributed by atoms with Crippen molar-refractivity contribution in [2.75, 3.05) is 7.11 Å². The third kappa shape index (κ3) is 4.56. The van der Waals surface area contributed by atoms with Crippen LogP contribution in [0.5, 0.6) is 5.75 Å². The van der Waals surface area contributed by atoms with Crippen LogP contribution in [-0.2, 0) is 19.5 Å². The van der Waals surface area contributed by atoms with E-state index in [4.69, 9.17) is 9.94 Å². The molecule has 8 heteroatoms. The SMILES string of the molecule is COc1ccc2c(=O)n(CCc3ccccc3)c(=O)n(Cc3ccc(C(=O)NO)cc3)c2c1. The Hall–Kier alpha value is -4.17. The first-order valence-corrected chi connectivity index (χ1v) is 10.4. The number of nitrogens with one attached hydrogen (secondary N) is 1. The van der Waals surface area contributed by atoms with E-state index in [1.807, 2.05) is 30.3 Å². The van der Waals surface area contributed by atoms with Gasteiger partial charge in [0.15, 0.2) is 0 Å². The van der Waals surface area contributed by atoms with Gasteiger partial charge in [-0.2, -0.15) is 0 Å². The first-order chi connectivity index (χ1) is 16.0. The molecule has 0 aliphatic heterocycles. The van der Waals surface area contributed by atoms with Crippen LogP contribution in [0.2, 0.25) is 0 Å². The van der Waals surface area contributed by atoms with Crippen molar-refractivity contribution in [1.82, 2.24) is 14.6 Å². The van der Waals surface area contributed by atoms with Crippen molar-refractivity contribution in [2.24, 2.45) is 0 Å². The average molecular weight is 445 g/mol. The fourth-order valence-corrected chi connectivity index (χ4v) is 3.77. The highest BCUT2D eigenvalue weighted by atomic mass is 16.5. The molecule has 0 spiro atoms. The van der Waals surface area contributed by atoms with Crippen molar-refractivity contribution in [3.05, 3.63) is 110 Å². The molecular formula is C25H23N3O5. The summed E-state index contributed by atoms with van der Waals surface area (Å²) in [6.45, 7) is 0.439. The minimum Gasteiger partial charge on any atom is -0.497 e. The molecule has 4 rings (SSSR count). The largest absolute Gasteiger partial charge is 0.497 e. The lowest BCUT2D eigenvalue weighted by molar-refractivity contribution is 0.0706. The van der Waals surface area contributed by atoms with Gasteiger partial charge in [0.25, 0.3) is 11.5 Å². The molecule has 168 valence electrons. The molecule has 3 aromatic carbocycles. The number of amides is 1. The Labute approximate surface area is 189 Å². The summed E-state index contributed by atoms with van der Waals surface area (Å²) in [5.74, 6) is -0.0876. The van der Waals surface area contributed by atoms with Crippen molar-refractivity contribution in [3.63, 3.8) is 0 Å². The molecule has 4 aromatic rings. The predicted molar refractivity (Wildman–Crippen MR) is 124 cm³/mol. The Kier molecular flexibility index (Phi) is 6.37. The van der Waals surface area contributed by atoms with Gasteiger partial charge in [-0.25, -0.2) is 10.3 Å². The summed E-state index contributed by atoms with van der Waals surface area (Å²) in [6, 6.07) is 21.2. The summed E-state index contributed by atoms with van der Waals surface area (Å²) in [7, 11) is 1.52. The van der Waals surface area contributed by atoms with Gasteiger partial charge in [-0.1, -0.05) is 42.5 Å². The van der Waals surface area contributed by atoms with Gasteiger partial charge >= 0.3 is 5.69 Å². The molecule has 0 saturated heterocycles. The molecule has 0 fully saturated rings. The van der Waals surface area contributed by atoms with E-state index in [-0.39, 0.29) is 24.2 Å². The molecule has 1 heterocycles. The van der Waals surface area contributed by atoms with E-state index in [1.165, 1.54) is 16.2 Å². The van der Waals surface area contributed by atoms with Crippen LogP contribution in [0.15, 0.2) is 82.4 Å². The lowest BCUT2D eigenvalue weighted by Gasteiger charge is -2.15. The summed E-state index contributed by atoms with van der Waals surface area (Å²) in [5, 5.41) is 9.21. The molecule has 0 radical (unpaired) electrons. The van der Waals surface area contributed by atoms with Crippen LogP contribution >= 0.6 is 0 Å². The number of aromatic nitrogens is 2. The lowest BCUT2D eigenvalue weighted by Crippen LogP contribution is -2.40. The number of rotatable bonds is 7. The van der Waals surface area contributed by atoms with Gasteiger partial charge in [0, 0.05) is 18.2 Å². The van der Waals surface area contributed by atoms with E-state index >= 15 is 0 Å². The van der Waals surface area contributed by atoms with Crippen LogP contribution in [0, 0.1) is 0 Å². The standard InChI is InChI=1S/C25H23N3O5/c1-33-20-11-12-21-22(15-20)28(16-18-7-9-19(10-8-18)23(29)26-32)25(31)27(24(21)30)14-13-17-5-3-2-4-6-17/h2-12,15,32H,13-14,16H2,1H3,(H,26,29). The summed E-state index contributed by atoms with van der Waals surface area (Å²) in [6.07, 6.45) is 0.544. The highest BCUT2D eigenvalue weighted by Crippen LogP contribution is 2.18. The molecular weight excluding hydrogens is 422 g/mol. The number of aryl methyl sites for hydroxylation is 1. The second kappa shape index (κ2) is 9.54. The number of fused-ring (bicyclic) bond motifs is 1. The fraction of sp³-hybridized carbons (Fsp3) is 0.160. The van der Waals surface area contributed by atoms with Gasteiger partial charge in [0.05, 0.1) is 24.6 Å². The number of methoxy groups -OCH3 is 1. The average Bonchev–Trinajstić information content (AvgIpc) is 2.86. The van der Waals surface area contributed by atoms with Gasteiger partial charge in [-0.05, 0) is 41.8 Å². The molecule has 0 bridgehead atoms. The Bertz CT molecular complexity index is 1410. The third-order valence-electron chi connectivity index (χ3n) is 5.56. The van der Waals surface area contributed by atoms with Gasteiger partial charge in [-0.15, -0.1) is 0 Å². The van der Waals surface area contributed by atoms with Gasteiger partial charge in [-0.3, -0.25) is 23.9 Å².